The second-order valence-electron chi connectivity index (χ2n) is 5.97. The van der Waals surface area contributed by atoms with Gasteiger partial charge in [-0.25, -0.2) is 8.42 Å². The highest BCUT2D eigenvalue weighted by Gasteiger charge is 2.14. The van der Waals surface area contributed by atoms with Crippen LogP contribution in [0.2, 0.25) is 0 Å². The number of amides is 1. The van der Waals surface area contributed by atoms with Gasteiger partial charge in [-0.3, -0.25) is 4.79 Å². The lowest BCUT2D eigenvalue weighted by Gasteiger charge is -2.18. The maximum absolute atomic E-state index is 12.1. The highest BCUT2D eigenvalue weighted by molar-refractivity contribution is 7.90. The van der Waals surface area contributed by atoms with E-state index in [1.165, 1.54) is 6.26 Å². The Morgan fingerprint density at radius 1 is 1.16 bits per heavy atom. The minimum Gasteiger partial charge on any atom is -0.484 e. The molecule has 2 aromatic carbocycles. The summed E-state index contributed by atoms with van der Waals surface area (Å²) in [5.74, 6) is 0.432. The molecule has 2 rings (SSSR count). The van der Waals surface area contributed by atoms with Crippen molar-refractivity contribution in [3.8, 4) is 5.75 Å². The fourth-order valence-electron chi connectivity index (χ4n) is 2.46. The summed E-state index contributed by atoms with van der Waals surface area (Å²) in [7, 11) is -3.23. The molecule has 0 heterocycles. The van der Waals surface area contributed by atoms with Crippen LogP contribution < -0.4 is 10.1 Å². The summed E-state index contributed by atoms with van der Waals surface area (Å²) in [6.45, 7) is 3.85. The van der Waals surface area contributed by atoms with Crippen molar-refractivity contribution in [1.29, 1.82) is 0 Å². The van der Waals surface area contributed by atoms with Gasteiger partial charge in [0, 0.05) is 6.26 Å². The number of hydrogen-bond donors (Lipinski definition) is 1. The Morgan fingerprint density at radius 2 is 1.84 bits per heavy atom. The lowest BCUT2D eigenvalue weighted by Crippen LogP contribution is -2.32. The van der Waals surface area contributed by atoms with E-state index in [1.807, 2.05) is 38.1 Å². The summed E-state index contributed by atoms with van der Waals surface area (Å²) in [5.41, 5.74) is 1.93. The summed E-state index contributed by atoms with van der Waals surface area (Å²) in [4.78, 5) is 12.4. The lowest BCUT2D eigenvalue weighted by atomic mass is 10.0. The standard InChI is InChI=1S/C19H23NO4S/c1-4-18(15-8-10-17(11-9-15)25(3,22)23)20-19(21)13-24-16-7-5-6-14(2)12-16/h5-12,18H,4,13H2,1-3H3,(H,20,21)/t18-/m1/s1. The molecule has 0 aliphatic heterocycles. The zero-order valence-electron chi connectivity index (χ0n) is 14.7. The van der Waals surface area contributed by atoms with Crippen molar-refractivity contribution < 1.29 is 17.9 Å². The molecule has 2 aromatic rings. The van der Waals surface area contributed by atoms with Crippen LogP contribution in [0, 0.1) is 6.92 Å². The molecule has 1 amide bonds. The topological polar surface area (TPSA) is 72.5 Å². The summed E-state index contributed by atoms with van der Waals surface area (Å²) < 4.78 is 28.5. The van der Waals surface area contributed by atoms with E-state index in [0.717, 1.165) is 11.1 Å². The van der Waals surface area contributed by atoms with Crippen LogP contribution in [0.5, 0.6) is 5.75 Å². The predicted octanol–water partition coefficient (Wildman–Crippen LogP) is 3.04. The SMILES string of the molecule is CC[C@@H](NC(=O)COc1cccc(C)c1)c1ccc(S(C)(=O)=O)cc1. The first-order valence-electron chi connectivity index (χ1n) is 8.08. The Balaban J connectivity index is 1.97. The fraction of sp³-hybridized carbons (Fsp3) is 0.316. The maximum atomic E-state index is 12.1. The number of benzene rings is 2. The van der Waals surface area contributed by atoms with Crippen molar-refractivity contribution in [2.45, 2.75) is 31.2 Å². The maximum Gasteiger partial charge on any atom is 0.258 e. The highest BCUT2D eigenvalue weighted by Crippen LogP contribution is 2.19. The van der Waals surface area contributed by atoms with Gasteiger partial charge in [0.1, 0.15) is 5.75 Å². The molecule has 0 saturated heterocycles. The van der Waals surface area contributed by atoms with Crippen LogP contribution >= 0.6 is 0 Å². The molecule has 1 atom stereocenters. The molecule has 0 aromatic heterocycles. The summed E-state index contributed by atoms with van der Waals surface area (Å²) in [6.07, 6.45) is 1.86. The van der Waals surface area contributed by atoms with E-state index in [1.54, 1.807) is 24.3 Å². The number of aryl methyl sites for hydroxylation is 1. The zero-order chi connectivity index (χ0) is 18.4. The Hall–Kier alpha value is -2.34. The van der Waals surface area contributed by atoms with E-state index in [0.29, 0.717) is 12.2 Å². The third-order valence-electron chi connectivity index (χ3n) is 3.81. The first kappa shape index (κ1) is 19.0. The van der Waals surface area contributed by atoms with Crippen LogP contribution in [0.15, 0.2) is 53.4 Å². The van der Waals surface area contributed by atoms with Crippen LogP contribution in [-0.4, -0.2) is 27.2 Å². The van der Waals surface area contributed by atoms with Crippen molar-refractivity contribution in [3.05, 3.63) is 59.7 Å². The smallest absolute Gasteiger partial charge is 0.258 e. The number of rotatable bonds is 7. The molecule has 5 nitrogen and oxygen atoms in total. The second kappa shape index (κ2) is 8.16. The zero-order valence-corrected chi connectivity index (χ0v) is 15.5. The monoisotopic (exact) mass is 361 g/mol. The van der Waals surface area contributed by atoms with Gasteiger partial charge in [0.2, 0.25) is 0 Å². The lowest BCUT2D eigenvalue weighted by molar-refractivity contribution is -0.123. The Kier molecular flexibility index (Phi) is 6.20. The summed E-state index contributed by atoms with van der Waals surface area (Å²) >= 11 is 0. The van der Waals surface area contributed by atoms with Gasteiger partial charge in [-0.1, -0.05) is 31.2 Å². The number of hydrogen-bond acceptors (Lipinski definition) is 4. The molecule has 6 heteroatoms. The van der Waals surface area contributed by atoms with E-state index in [9.17, 15) is 13.2 Å². The molecule has 25 heavy (non-hydrogen) atoms. The summed E-state index contributed by atoms with van der Waals surface area (Å²) in [5, 5.41) is 2.91. The first-order chi connectivity index (χ1) is 11.8. The molecule has 0 saturated carbocycles. The number of sulfone groups is 1. The Morgan fingerprint density at radius 3 is 2.40 bits per heavy atom. The fourth-order valence-corrected chi connectivity index (χ4v) is 3.09. The minimum atomic E-state index is -3.23. The van der Waals surface area contributed by atoms with Gasteiger partial charge in [0.15, 0.2) is 16.4 Å². The molecular formula is C19H23NO4S. The molecule has 1 N–H and O–H groups in total. The molecule has 0 spiro atoms. The number of carbonyl (C=O) groups excluding carboxylic acids is 1. The average Bonchev–Trinajstić information content (AvgIpc) is 2.57. The van der Waals surface area contributed by atoms with E-state index >= 15 is 0 Å². The van der Waals surface area contributed by atoms with Crippen molar-refractivity contribution in [2.75, 3.05) is 12.9 Å². The van der Waals surface area contributed by atoms with Gasteiger partial charge in [-0.2, -0.15) is 0 Å². The van der Waals surface area contributed by atoms with Gasteiger partial charge >= 0.3 is 0 Å². The van der Waals surface area contributed by atoms with Crippen molar-refractivity contribution in [1.82, 2.24) is 5.32 Å². The third-order valence-corrected chi connectivity index (χ3v) is 4.94. The van der Waals surface area contributed by atoms with Gasteiger partial charge in [0.05, 0.1) is 10.9 Å². The average molecular weight is 361 g/mol. The van der Waals surface area contributed by atoms with Gasteiger partial charge in [-0.15, -0.1) is 0 Å². The largest absolute Gasteiger partial charge is 0.484 e. The van der Waals surface area contributed by atoms with Crippen LogP contribution in [0.1, 0.15) is 30.5 Å². The van der Waals surface area contributed by atoms with Crippen molar-refractivity contribution in [3.63, 3.8) is 0 Å². The number of carbonyl (C=O) groups is 1. The van der Waals surface area contributed by atoms with Gasteiger partial charge in [-0.05, 0) is 48.7 Å². The highest BCUT2D eigenvalue weighted by atomic mass is 32.2. The predicted molar refractivity (Wildman–Crippen MR) is 97.4 cm³/mol. The molecular weight excluding hydrogens is 338 g/mol. The van der Waals surface area contributed by atoms with E-state index in [2.05, 4.69) is 5.32 Å². The second-order valence-corrected chi connectivity index (χ2v) is 7.99. The minimum absolute atomic E-state index is 0.0681. The number of ether oxygens (including phenoxy) is 1. The normalized spacial score (nSPS) is 12.4. The molecule has 0 radical (unpaired) electrons. The first-order valence-corrected chi connectivity index (χ1v) is 9.97. The molecule has 0 aliphatic rings. The molecule has 0 fully saturated rings. The van der Waals surface area contributed by atoms with Gasteiger partial charge < -0.3 is 10.1 Å². The van der Waals surface area contributed by atoms with Crippen molar-refractivity contribution >= 4 is 15.7 Å². The summed E-state index contributed by atoms with van der Waals surface area (Å²) in [6, 6.07) is 13.9. The van der Waals surface area contributed by atoms with Crippen LogP contribution in [-0.2, 0) is 14.6 Å². The van der Waals surface area contributed by atoms with Gasteiger partial charge in [0.25, 0.3) is 5.91 Å². The molecule has 0 aliphatic carbocycles. The van der Waals surface area contributed by atoms with Crippen LogP contribution in [0.3, 0.4) is 0 Å². The Labute approximate surface area is 148 Å². The quantitative estimate of drug-likeness (QED) is 0.823. The van der Waals surface area contributed by atoms with E-state index in [-0.39, 0.29) is 23.5 Å². The van der Waals surface area contributed by atoms with Crippen LogP contribution in [0.4, 0.5) is 0 Å². The molecule has 0 bridgehead atoms. The molecule has 0 unspecified atom stereocenters. The third kappa shape index (κ3) is 5.60. The van der Waals surface area contributed by atoms with Crippen molar-refractivity contribution in [2.24, 2.45) is 0 Å². The van der Waals surface area contributed by atoms with Crippen LogP contribution in [0.25, 0.3) is 0 Å². The van der Waals surface area contributed by atoms with E-state index in [4.69, 9.17) is 4.74 Å². The Bertz CT molecular complexity index is 829. The molecule has 134 valence electrons. The van der Waals surface area contributed by atoms with E-state index < -0.39 is 9.84 Å². The number of nitrogens with one attached hydrogen (secondary N) is 1.